The van der Waals surface area contributed by atoms with E-state index < -0.39 is 5.97 Å². The van der Waals surface area contributed by atoms with Crippen LogP contribution in [0.25, 0.3) is 0 Å². The first-order valence-electron chi connectivity index (χ1n) is 4.02. The number of nitriles is 1. The summed E-state index contributed by atoms with van der Waals surface area (Å²) in [7, 11) is 0. The molecule has 0 fully saturated rings. The van der Waals surface area contributed by atoms with E-state index >= 15 is 0 Å². The average molecular weight is 191 g/mol. The normalized spacial score (nSPS) is 9.43. The van der Waals surface area contributed by atoms with Crippen LogP contribution in [0.3, 0.4) is 0 Å². The molecule has 72 valence electrons. The molecule has 0 heterocycles. The van der Waals surface area contributed by atoms with Gasteiger partial charge in [0.25, 0.3) is 0 Å². The topological polar surface area (TPSA) is 81.3 Å². The Hall–Kier alpha value is -1.86. The predicted molar refractivity (Wildman–Crippen MR) is 48.4 cm³/mol. The minimum absolute atomic E-state index is 0.175. The second kappa shape index (κ2) is 4.40. The number of benzene rings is 1. The van der Waals surface area contributed by atoms with Crippen LogP contribution in [0, 0.1) is 11.3 Å². The number of carboxylic acids is 1. The van der Waals surface area contributed by atoms with Crippen molar-refractivity contribution in [2.75, 3.05) is 0 Å². The molecule has 1 rings (SSSR count). The van der Waals surface area contributed by atoms with Crippen molar-refractivity contribution >= 4 is 5.97 Å². The third kappa shape index (κ3) is 2.31. The standard InChI is InChI=1S/C10H9NO3/c11-5-7-1-2-8(6-12)9(3-7)4-10(13)14/h1-3,12H,4,6H2,(H,13,14). The summed E-state index contributed by atoms with van der Waals surface area (Å²) in [6.07, 6.45) is -0.175. The van der Waals surface area contributed by atoms with Gasteiger partial charge in [-0.1, -0.05) is 6.07 Å². The zero-order chi connectivity index (χ0) is 10.6. The van der Waals surface area contributed by atoms with Gasteiger partial charge in [0.15, 0.2) is 0 Å². The fourth-order valence-electron chi connectivity index (χ4n) is 1.18. The highest BCUT2D eigenvalue weighted by Gasteiger charge is 2.07. The largest absolute Gasteiger partial charge is 0.481 e. The van der Waals surface area contributed by atoms with E-state index in [0.29, 0.717) is 16.7 Å². The molecule has 0 amide bonds. The lowest BCUT2D eigenvalue weighted by atomic mass is 10.0. The lowest BCUT2D eigenvalue weighted by Crippen LogP contribution is -2.04. The molecule has 14 heavy (non-hydrogen) atoms. The Bertz CT molecular complexity index is 393. The van der Waals surface area contributed by atoms with Gasteiger partial charge in [0.1, 0.15) is 0 Å². The molecule has 0 radical (unpaired) electrons. The van der Waals surface area contributed by atoms with Gasteiger partial charge in [0.05, 0.1) is 24.7 Å². The summed E-state index contributed by atoms with van der Waals surface area (Å²) in [6.45, 7) is -0.214. The van der Waals surface area contributed by atoms with Gasteiger partial charge in [-0.3, -0.25) is 4.79 Å². The summed E-state index contributed by atoms with van der Waals surface area (Å²) in [5, 5.41) is 26.1. The van der Waals surface area contributed by atoms with Crippen LogP contribution in [-0.2, 0) is 17.8 Å². The molecule has 0 saturated heterocycles. The fraction of sp³-hybridized carbons (Fsp3) is 0.200. The van der Waals surface area contributed by atoms with Gasteiger partial charge in [0.2, 0.25) is 0 Å². The van der Waals surface area contributed by atoms with E-state index in [4.69, 9.17) is 15.5 Å². The molecule has 0 aromatic heterocycles. The predicted octanol–water partition coefficient (Wildman–Crippen LogP) is 0.678. The van der Waals surface area contributed by atoms with Crippen molar-refractivity contribution in [2.24, 2.45) is 0 Å². The quantitative estimate of drug-likeness (QED) is 0.736. The smallest absolute Gasteiger partial charge is 0.307 e. The highest BCUT2D eigenvalue weighted by molar-refractivity contribution is 5.71. The van der Waals surface area contributed by atoms with Crippen LogP contribution < -0.4 is 0 Å². The van der Waals surface area contributed by atoms with Crippen LogP contribution >= 0.6 is 0 Å². The molecule has 4 heteroatoms. The average Bonchev–Trinajstić information content (AvgIpc) is 2.16. The Morgan fingerprint density at radius 1 is 1.43 bits per heavy atom. The number of hydrogen-bond acceptors (Lipinski definition) is 3. The van der Waals surface area contributed by atoms with Crippen LogP contribution in [0.2, 0.25) is 0 Å². The lowest BCUT2D eigenvalue weighted by molar-refractivity contribution is -0.136. The monoisotopic (exact) mass is 191 g/mol. The highest BCUT2D eigenvalue weighted by atomic mass is 16.4. The van der Waals surface area contributed by atoms with Gasteiger partial charge in [-0.2, -0.15) is 5.26 Å². The lowest BCUT2D eigenvalue weighted by Gasteiger charge is -2.04. The Balaban J connectivity index is 3.09. The van der Waals surface area contributed by atoms with Crippen LogP contribution in [-0.4, -0.2) is 16.2 Å². The SMILES string of the molecule is N#Cc1ccc(CO)c(CC(=O)O)c1. The van der Waals surface area contributed by atoms with Gasteiger partial charge in [0, 0.05) is 0 Å². The van der Waals surface area contributed by atoms with E-state index in [0.717, 1.165) is 0 Å². The minimum Gasteiger partial charge on any atom is -0.481 e. The van der Waals surface area contributed by atoms with Crippen molar-refractivity contribution in [3.05, 3.63) is 34.9 Å². The highest BCUT2D eigenvalue weighted by Crippen LogP contribution is 2.12. The molecule has 0 aliphatic heterocycles. The molecular weight excluding hydrogens is 182 g/mol. The summed E-state index contributed by atoms with van der Waals surface area (Å²) in [6, 6.07) is 6.52. The zero-order valence-electron chi connectivity index (χ0n) is 7.40. The van der Waals surface area contributed by atoms with Crippen LogP contribution in [0.4, 0.5) is 0 Å². The van der Waals surface area contributed by atoms with Crippen molar-refractivity contribution < 1.29 is 15.0 Å². The van der Waals surface area contributed by atoms with Crippen molar-refractivity contribution in [1.29, 1.82) is 5.26 Å². The molecule has 1 aromatic rings. The molecule has 1 aromatic carbocycles. The molecule has 0 saturated carbocycles. The van der Waals surface area contributed by atoms with Gasteiger partial charge in [-0.05, 0) is 23.3 Å². The maximum atomic E-state index is 10.5. The number of rotatable bonds is 3. The summed E-state index contributed by atoms with van der Waals surface area (Å²) < 4.78 is 0. The number of carbonyl (C=O) groups is 1. The maximum absolute atomic E-state index is 10.5. The van der Waals surface area contributed by atoms with Crippen molar-refractivity contribution in [3.63, 3.8) is 0 Å². The molecule has 0 aliphatic rings. The molecule has 0 aliphatic carbocycles. The fourth-order valence-corrected chi connectivity index (χ4v) is 1.18. The third-order valence-electron chi connectivity index (χ3n) is 1.85. The van der Waals surface area contributed by atoms with Crippen molar-refractivity contribution in [2.45, 2.75) is 13.0 Å². The number of hydrogen-bond donors (Lipinski definition) is 2. The van der Waals surface area contributed by atoms with Gasteiger partial charge in [-0.25, -0.2) is 0 Å². The number of nitrogens with zero attached hydrogens (tertiary/aromatic N) is 1. The van der Waals surface area contributed by atoms with E-state index in [9.17, 15) is 4.79 Å². The maximum Gasteiger partial charge on any atom is 0.307 e. The van der Waals surface area contributed by atoms with Gasteiger partial charge >= 0.3 is 5.97 Å². The first-order chi connectivity index (χ1) is 6.67. The summed E-state index contributed by atoms with van der Waals surface area (Å²) in [5.74, 6) is -0.977. The van der Waals surface area contributed by atoms with Crippen LogP contribution in [0.15, 0.2) is 18.2 Å². The van der Waals surface area contributed by atoms with E-state index in [1.54, 1.807) is 12.1 Å². The number of aliphatic hydroxyl groups excluding tert-OH is 1. The molecule has 0 unspecified atom stereocenters. The molecule has 4 nitrogen and oxygen atoms in total. The molecular formula is C10H9NO3. The summed E-state index contributed by atoms with van der Waals surface area (Å²) in [5.41, 5.74) is 1.43. The molecule has 0 bridgehead atoms. The third-order valence-corrected chi connectivity index (χ3v) is 1.85. The Morgan fingerprint density at radius 3 is 2.64 bits per heavy atom. The second-order valence-electron chi connectivity index (χ2n) is 2.82. The molecule has 0 atom stereocenters. The van der Waals surface area contributed by atoms with E-state index in [1.807, 2.05) is 6.07 Å². The van der Waals surface area contributed by atoms with Gasteiger partial charge in [-0.15, -0.1) is 0 Å². The summed E-state index contributed by atoms with van der Waals surface area (Å²) in [4.78, 5) is 10.5. The number of carboxylic acid groups (broad SMARTS) is 1. The molecule has 0 spiro atoms. The Morgan fingerprint density at radius 2 is 2.14 bits per heavy atom. The second-order valence-corrected chi connectivity index (χ2v) is 2.82. The Labute approximate surface area is 81.0 Å². The van der Waals surface area contributed by atoms with E-state index in [-0.39, 0.29) is 13.0 Å². The number of aliphatic hydroxyl groups is 1. The first-order valence-corrected chi connectivity index (χ1v) is 4.02. The van der Waals surface area contributed by atoms with E-state index in [2.05, 4.69) is 0 Å². The minimum atomic E-state index is -0.977. The zero-order valence-corrected chi connectivity index (χ0v) is 7.40. The summed E-state index contributed by atoms with van der Waals surface area (Å²) >= 11 is 0. The number of aliphatic carboxylic acids is 1. The Kier molecular flexibility index (Phi) is 3.21. The van der Waals surface area contributed by atoms with Crippen molar-refractivity contribution in [1.82, 2.24) is 0 Å². The van der Waals surface area contributed by atoms with Gasteiger partial charge < -0.3 is 10.2 Å². The van der Waals surface area contributed by atoms with Crippen molar-refractivity contribution in [3.8, 4) is 6.07 Å². The van der Waals surface area contributed by atoms with Crippen LogP contribution in [0.5, 0.6) is 0 Å². The van der Waals surface area contributed by atoms with Crippen LogP contribution in [0.1, 0.15) is 16.7 Å². The van der Waals surface area contributed by atoms with E-state index in [1.165, 1.54) is 6.07 Å². The molecule has 2 N–H and O–H groups in total. The first kappa shape index (κ1) is 10.2.